The number of halogens is 3. The first-order valence-electron chi connectivity index (χ1n) is 9.75. The topological polar surface area (TPSA) is 119 Å². The number of nitro groups is 1. The number of anilines is 2. The highest BCUT2D eigenvalue weighted by atomic mass is 19.4. The lowest BCUT2D eigenvalue weighted by Gasteiger charge is -2.18. The number of non-ortho nitro benzene ring substituents is 1. The van der Waals surface area contributed by atoms with Crippen molar-refractivity contribution in [3.63, 3.8) is 0 Å². The number of carbonyl (C=O) groups excluding carboxylic acids is 3. The molecule has 1 unspecified atom stereocenters. The molecule has 0 radical (unpaired) electrons. The molecule has 0 aliphatic carbocycles. The Bertz CT molecular complexity index is 1120. The van der Waals surface area contributed by atoms with Gasteiger partial charge in [-0.15, -0.1) is 0 Å². The van der Waals surface area contributed by atoms with Crippen LogP contribution in [0.1, 0.15) is 35.7 Å². The summed E-state index contributed by atoms with van der Waals surface area (Å²) in [7, 11) is 0. The van der Waals surface area contributed by atoms with E-state index in [1.165, 1.54) is 30.0 Å². The molecule has 0 spiro atoms. The molecule has 0 saturated carbocycles. The van der Waals surface area contributed by atoms with Crippen molar-refractivity contribution < 1.29 is 37.2 Å². The number of nitrogens with zero attached hydrogens (tertiary/aromatic N) is 2. The lowest BCUT2D eigenvalue weighted by atomic mass is 10.1. The second-order valence-corrected chi connectivity index (χ2v) is 7.22. The summed E-state index contributed by atoms with van der Waals surface area (Å²) in [6.45, 7) is 1.67. The van der Waals surface area contributed by atoms with Gasteiger partial charge in [-0.05, 0) is 37.6 Å². The van der Waals surface area contributed by atoms with Crippen LogP contribution in [-0.4, -0.2) is 35.4 Å². The van der Waals surface area contributed by atoms with Gasteiger partial charge >= 0.3 is 12.1 Å². The van der Waals surface area contributed by atoms with Gasteiger partial charge in [0.1, 0.15) is 0 Å². The molecule has 0 bridgehead atoms. The summed E-state index contributed by atoms with van der Waals surface area (Å²) in [4.78, 5) is 48.0. The van der Waals surface area contributed by atoms with E-state index in [0.717, 1.165) is 12.1 Å². The van der Waals surface area contributed by atoms with Crippen LogP contribution in [0.15, 0.2) is 42.5 Å². The number of hydrogen-bond acceptors (Lipinski definition) is 6. The van der Waals surface area contributed by atoms with Crippen molar-refractivity contribution >= 4 is 34.8 Å². The Hall–Kier alpha value is -3.96. The molecular weight excluding hydrogens is 447 g/mol. The standard InChI is InChI=1S/C21H18F3N3O6/c1-12(19(29)25-17-8-7-15(27(31)32)11-16(17)21(22,23)24)33-20(30)13-4-2-5-14(10-13)26-9-3-6-18(26)28/h2,4-5,7-8,10-12H,3,6,9H2,1H3,(H,25,29). The molecule has 1 heterocycles. The van der Waals surface area contributed by atoms with Gasteiger partial charge in [0.05, 0.1) is 21.7 Å². The van der Waals surface area contributed by atoms with Crippen molar-refractivity contribution in [3.05, 3.63) is 63.7 Å². The Balaban J connectivity index is 1.72. The summed E-state index contributed by atoms with van der Waals surface area (Å²) < 4.78 is 44.9. The average molecular weight is 465 g/mol. The first-order chi connectivity index (χ1) is 15.5. The summed E-state index contributed by atoms with van der Waals surface area (Å²) in [6, 6.07) is 7.88. The van der Waals surface area contributed by atoms with Gasteiger partial charge in [0.25, 0.3) is 11.6 Å². The van der Waals surface area contributed by atoms with Gasteiger partial charge in [-0.1, -0.05) is 6.07 Å². The number of esters is 1. The lowest BCUT2D eigenvalue weighted by molar-refractivity contribution is -0.385. The maximum absolute atomic E-state index is 13.3. The van der Waals surface area contributed by atoms with Crippen LogP contribution >= 0.6 is 0 Å². The molecule has 1 atom stereocenters. The summed E-state index contributed by atoms with van der Waals surface area (Å²) >= 11 is 0. The largest absolute Gasteiger partial charge is 0.449 e. The third kappa shape index (κ3) is 5.45. The quantitative estimate of drug-likeness (QED) is 0.392. The molecule has 2 aromatic carbocycles. The molecule has 3 rings (SSSR count). The van der Waals surface area contributed by atoms with E-state index in [9.17, 15) is 37.7 Å². The second-order valence-electron chi connectivity index (χ2n) is 7.22. The predicted octanol–water partition coefficient (Wildman–Crippen LogP) is 3.92. The van der Waals surface area contributed by atoms with Crippen LogP contribution in [0.5, 0.6) is 0 Å². The average Bonchev–Trinajstić information content (AvgIpc) is 3.19. The summed E-state index contributed by atoms with van der Waals surface area (Å²) in [6.07, 6.45) is -5.37. The molecule has 1 aliphatic heterocycles. The SMILES string of the molecule is CC(OC(=O)c1cccc(N2CCCC2=O)c1)C(=O)Nc1ccc([N+](=O)[O-])cc1C(F)(F)F. The monoisotopic (exact) mass is 465 g/mol. The normalized spacial score (nSPS) is 14.7. The van der Waals surface area contributed by atoms with Gasteiger partial charge in [0.2, 0.25) is 5.91 Å². The summed E-state index contributed by atoms with van der Waals surface area (Å²) in [5.41, 5.74) is -2.37. The molecule has 33 heavy (non-hydrogen) atoms. The van der Waals surface area contributed by atoms with Crippen LogP contribution in [0.25, 0.3) is 0 Å². The van der Waals surface area contributed by atoms with Gasteiger partial charge in [0, 0.05) is 30.8 Å². The number of amides is 2. The summed E-state index contributed by atoms with van der Waals surface area (Å²) in [5, 5.41) is 12.8. The zero-order valence-corrected chi connectivity index (χ0v) is 17.2. The Labute approximate surface area is 185 Å². The number of carbonyl (C=O) groups is 3. The maximum Gasteiger partial charge on any atom is 0.418 e. The van der Waals surface area contributed by atoms with Gasteiger partial charge in [0.15, 0.2) is 6.10 Å². The van der Waals surface area contributed by atoms with E-state index in [1.807, 2.05) is 5.32 Å². The highest BCUT2D eigenvalue weighted by Crippen LogP contribution is 2.37. The molecule has 2 amide bonds. The first-order valence-corrected chi connectivity index (χ1v) is 9.75. The molecule has 1 fully saturated rings. The highest BCUT2D eigenvalue weighted by molar-refractivity contribution is 5.99. The molecule has 174 valence electrons. The third-order valence-corrected chi connectivity index (χ3v) is 4.90. The van der Waals surface area contributed by atoms with Crippen LogP contribution in [-0.2, 0) is 20.5 Å². The smallest absolute Gasteiger partial charge is 0.418 e. The predicted molar refractivity (Wildman–Crippen MR) is 110 cm³/mol. The van der Waals surface area contributed by atoms with Crippen LogP contribution in [0.3, 0.4) is 0 Å². The van der Waals surface area contributed by atoms with Crippen molar-refractivity contribution in [3.8, 4) is 0 Å². The van der Waals surface area contributed by atoms with E-state index >= 15 is 0 Å². The van der Waals surface area contributed by atoms with Crippen LogP contribution < -0.4 is 10.2 Å². The van der Waals surface area contributed by atoms with Gasteiger partial charge in [-0.25, -0.2) is 4.79 Å². The Morgan fingerprint density at radius 1 is 1.21 bits per heavy atom. The minimum atomic E-state index is -4.97. The van der Waals surface area contributed by atoms with E-state index in [1.54, 1.807) is 6.07 Å². The fourth-order valence-electron chi connectivity index (χ4n) is 3.23. The van der Waals surface area contributed by atoms with Crippen molar-refractivity contribution in [2.75, 3.05) is 16.8 Å². The molecule has 1 N–H and O–H groups in total. The molecule has 0 aromatic heterocycles. The van der Waals surface area contributed by atoms with E-state index in [0.29, 0.717) is 31.1 Å². The van der Waals surface area contributed by atoms with Crippen LogP contribution in [0, 0.1) is 10.1 Å². The number of nitro benzene ring substituents is 1. The number of alkyl halides is 3. The van der Waals surface area contributed by atoms with E-state index in [-0.39, 0.29) is 11.5 Å². The summed E-state index contributed by atoms with van der Waals surface area (Å²) in [5.74, 6) is -2.06. The minimum Gasteiger partial charge on any atom is -0.449 e. The molecule has 2 aromatic rings. The number of hydrogen-bond donors (Lipinski definition) is 1. The van der Waals surface area contributed by atoms with E-state index < -0.39 is 46.0 Å². The third-order valence-electron chi connectivity index (χ3n) is 4.90. The van der Waals surface area contributed by atoms with E-state index in [2.05, 4.69) is 0 Å². The molecular formula is C21H18F3N3O6. The van der Waals surface area contributed by atoms with Crippen molar-refractivity contribution in [1.82, 2.24) is 0 Å². The fraction of sp³-hybridized carbons (Fsp3) is 0.286. The van der Waals surface area contributed by atoms with Gasteiger partial charge in [-0.3, -0.25) is 19.7 Å². The van der Waals surface area contributed by atoms with Crippen LogP contribution in [0.2, 0.25) is 0 Å². The van der Waals surface area contributed by atoms with Crippen LogP contribution in [0.4, 0.5) is 30.2 Å². The van der Waals surface area contributed by atoms with Crippen molar-refractivity contribution in [2.24, 2.45) is 0 Å². The maximum atomic E-state index is 13.3. The first kappa shape index (κ1) is 23.7. The molecule has 9 nitrogen and oxygen atoms in total. The van der Waals surface area contributed by atoms with E-state index in [4.69, 9.17) is 4.74 Å². The lowest BCUT2D eigenvalue weighted by Crippen LogP contribution is -2.31. The fourth-order valence-corrected chi connectivity index (χ4v) is 3.23. The van der Waals surface area contributed by atoms with Gasteiger partial charge < -0.3 is 15.0 Å². The number of ether oxygens (including phenoxy) is 1. The number of rotatable bonds is 6. The molecule has 12 heteroatoms. The van der Waals surface area contributed by atoms with Crippen molar-refractivity contribution in [2.45, 2.75) is 32.0 Å². The minimum absolute atomic E-state index is 0.0539. The Kier molecular flexibility index (Phi) is 6.65. The van der Waals surface area contributed by atoms with Crippen molar-refractivity contribution in [1.29, 1.82) is 0 Å². The zero-order chi connectivity index (χ0) is 24.3. The molecule has 1 saturated heterocycles. The Morgan fingerprint density at radius 3 is 2.55 bits per heavy atom. The number of nitrogens with one attached hydrogen (secondary N) is 1. The number of benzene rings is 2. The van der Waals surface area contributed by atoms with Gasteiger partial charge in [-0.2, -0.15) is 13.2 Å². The zero-order valence-electron chi connectivity index (χ0n) is 17.2. The highest BCUT2D eigenvalue weighted by Gasteiger charge is 2.36. The second kappa shape index (κ2) is 9.27. The molecule has 1 aliphatic rings. The Morgan fingerprint density at radius 2 is 1.94 bits per heavy atom.